The van der Waals surface area contributed by atoms with Crippen LogP contribution >= 0.6 is 8.01 Å². The van der Waals surface area contributed by atoms with E-state index in [0.29, 0.717) is 8.01 Å². The van der Waals surface area contributed by atoms with Crippen molar-refractivity contribution in [2.45, 2.75) is 38.9 Å². The van der Waals surface area contributed by atoms with E-state index < -0.39 is 7.74 Å². The van der Waals surface area contributed by atoms with Crippen molar-refractivity contribution in [3.05, 3.63) is 0 Å². The molecule has 0 bridgehead atoms. The van der Waals surface area contributed by atoms with Gasteiger partial charge in [0, 0.05) is 0 Å². The van der Waals surface area contributed by atoms with Crippen molar-refractivity contribution in [3.63, 3.8) is 0 Å². The predicted molar refractivity (Wildman–Crippen MR) is 44.8 cm³/mol. The van der Waals surface area contributed by atoms with E-state index in [1.54, 1.807) is 0 Å². The molecule has 0 aromatic carbocycles. The zero-order valence-corrected chi connectivity index (χ0v) is 8.75. The zero-order chi connectivity index (χ0) is 7.71. The van der Waals surface area contributed by atoms with Gasteiger partial charge in [0.1, 0.15) is 8.01 Å². The highest BCUT2D eigenvalue weighted by molar-refractivity contribution is 7.73. The van der Waals surface area contributed by atoms with Crippen LogP contribution in [-0.2, 0) is 4.57 Å². The molecule has 0 saturated carbocycles. The fourth-order valence-electron chi connectivity index (χ4n) is 0.137. The lowest BCUT2D eigenvalue weighted by Gasteiger charge is -2.29. The van der Waals surface area contributed by atoms with Crippen LogP contribution in [0.4, 0.5) is 0 Å². The van der Waals surface area contributed by atoms with Crippen LogP contribution in [0.3, 0.4) is 0 Å². The Balaban J connectivity index is 4.32. The van der Waals surface area contributed by atoms with Gasteiger partial charge in [0.15, 0.2) is 7.74 Å². The van der Waals surface area contributed by atoms with E-state index in [2.05, 4.69) is 33.9 Å². The van der Waals surface area contributed by atoms with Crippen molar-refractivity contribution in [2.75, 3.05) is 0 Å². The molecule has 9 heavy (non-hydrogen) atoms. The lowest BCUT2D eigenvalue weighted by Crippen LogP contribution is -2.30. The van der Waals surface area contributed by atoms with Crippen LogP contribution in [0.1, 0.15) is 20.8 Å². The van der Waals surface area contributed by atoms with E-state index in [0.717, 1.165) is 0 Å². The summed E-state index contributed by atoms with van der Waals surface area (Å²) in [6.07, 6.45) is 0. The molecule has 0 aromatic rings. The van der Waals surface area contributed by atoms with Crippen LogP contribution in [0, 0.1) is 0 Å². The van der Waals surface area contributed by atoms with E-state index >= 15 is 0 Å². The van der Waals surface area contributed by atoms with Crippen molar-refractivity contribution in [1.82, 2.24) is 0 Å². The second kappa shape index (κ2) is 2.51. The molecular weight excluding hydrogens is 147 g/mol. The Kier molecular flexibility index (Phi) is 2.60. The van der Waals surface area contributed by atoms with Crippen molar-refractivity contribution in [2.24, 2.45) is 0 Å². The molecule has 54 valence electrons. The smallest absolute Gasteiger partial charge is 0.163 e. The summed E-state index contributed by atoms with van der Waals surface area (Å²) in [6.45, 7) is 10.8. The molecule has 0 spiro atoms. The molecule has 0 atom stereocenters. The first-order valence-corrected chi connectivity index (χ1v) is 7.81. The van der Waals surface area contributed by atoms with Crippen molar-refractivity contribution < 1.29 is 4.57 Å². The predicted octanol–water partition coefficient (Wildman–Crippen LogP) is 3.28. The fourth-order valence-corrected chi connectivity index (χ4v) is 1.23. The normalized spacial score (nSPS) is 14.3. The largest absolute Gasteiger partial charge is 0.282 e. The number of rotatable bonds is 1. The maximum atomic E-state index is 10.6. The highest BCUT2D eigenvalue weighted by atomic mass is 31.3. The summed E-state index contributed by atoms with van der Waals surface area (Å²) in [7, 11) is -1.09. The summed E-state index contributed by atoms with van der Waals surface area (Å²) in [5.41, 5.74) is 0. The van der Waals surface area contributed by atoms with Crippen molar-refractivity contribution in [1.29, 1.82) is 0 Å². The summed E-state index contributed by atoms with van der Waals surface area (Å²) in [4.78, 5) is 0. The van der Waals surface area contributed by atoms with Gasteiger partial charge in [-0.25, -0.2) is 0 Å². The first-order chi connectivity index (χ1) is 3.81. The maximum Gasteiger partial charge on any atom is 0.163 e. The molecule has 0 aliphatic carbocycles. The average molecular weight is 162 g/mol. The zero-order valence-electron chi connectivity index (χ0n) is 6.86. The molecule has 0 rings (SSSR count). The highest BCUT2D eigenvalue weighted by Gasteiger charge is 2.36. The molecule has 0 heterocycles. The monoisotopic (exact) mass is 162 g/mol. The first-order valence-electron chi connectivity index (χ1n) is 3.16. The molecule has 3 heteroatoms. The summed E-state index contributed by atoms with van der Waals surface area (Å²) in [5.74, 6) is 0. The van der Waals surface area contributed by atoms with Gasteiger partial charge in [-0.05, 0) is 5.04 Å². The molecule has 0 radical (unpaired) electrons. The Bertz CT molecular complexity index is 115. The van der Waals surface area contributed by atoms with Gasteiger partial charge in [-0.2, -0.15) is 0 Å². The van der Waals surface area contributed by atoms with E-state index in [9.17, 15) is 4.57 Å². The summed E-state index contributed by atoms with van der Waals surface area (Å²) in [5, 5.41) is 0.260. The van der Waals surface area contributed by atoms with Crippen LogP contribution < -0.4 is 0 Å². The van der Waals surface area contributed by atoms with Gasteiger partial charge < -0.3 is 0 Å². The van der Waals surface area contributed by atoms with Gasteiger partial charge in [0.05, 0.1) is 0 Å². The van der Waals surface area contributed by atoms with Crippen molar-refractivity contribution in [3.8, 4) is 0 Å². The van der Waals surface area contributed by atoms with Crippen LogP contribution in [0.5, 0.6) is 0 Å². The van der Waals surface area contributed by atoms with Crippen LogP contribution in [0.25, 0.3) is 0 Å². The Morgan fingerprint density at radius 3 is 1.56 bits per heavy atom. The fraction of sp³-hybridized carbons (Fsp3) is 1.00. The molecule has 0 N–H and O–H groups in total. The van der Waals surface area contributed by atoms with Gasteiger partial charge in [-0.3, -0.25) is 4.57 Å². The minimum Gasteiger partial charge on any atom is -0.282 e. The van der Waals surface area contributed by atoms with Crippen LogP contribution in [0.2, 0.25) is 18.1 Å². The maximum absolute atomic E-state index is 10.6. The molecule has 0 aliphatic heterocycles. The average Bonchev–Trinajstić information content (AvgIpc) is 1.64. The Hall–Kier alpha value is 0.317. The lowest BCUT2D eigenvalue weighted by atomic mass is 10.2. The topological polar surface area (TPSA) is 17.1 Å². The molecule has 0 fully saturated rings. The van der Waals surface area contributed by atoms with Crippen LogP contribution in [0.15, 0.2) is 0 Å². The Morgan fingerprint density at radius 1 is 1.22 bits per heavy atom. The summed E-state index contributed by atoms with van der Waals surface area (Å²) in [6, 6.07) is 0. The first kappa shape index (κ1) is 9.32. The van der Waals surface area contributed by atoms with E-state index in [1.807, 2.05) is 0 Å². The molecule has 0 amide bonds. The summed E-state index contributed by atoms with van der Waals surface area (Å²) < 4.78 is 10.6. The third-order valence-electron chi connectivity index (χ3n) is 2.06. The van der Waals surface area contributed by atoms with Crippen molar-refractivity contribution >= 4 is 15.7 Å². The Labute approximate surface area is 59.9 Å². The SMILES string of the molecule is CC(C)(C)[Si](C)(C)P=O. The second-order valence-corrected chi connectivity index (χ2v) is 12.6. The van der Waals surface area contributed by atoms with Gasteiger partial charge in [0.25, 0.3) is 0 Å². The lowest BCUT2D eigenvalue weighted by molar-refractivity contribution is 0.602. The molecule has 0 aromatic heterocycles. The van der Waals surface area contributed by atoms with Crippen LogP contribution in [-0.4, -0.2) is 7.74 Å². The quantitative estimate of drug-likeness (QED) is 0.427. The van der Waals surface area contributed by atoms with Gasteiger partial charge >= 0.3 is 0 Å². The third-order valence-corrected chi connectivity index (χ3v) is 9.57. The van der Waals surface area contributed by atoms with E-state index in [-0.39, 0.29) is 5.04 Å². The molecular formula is C6H15OPSi. The highest BCUT2D eigenvalue weighted by Crippen LogP contribution is 2.42. The molecule has 0 aliphatic rings. The van der Waals surface area contributed by atoms with Gasteiger partial charge in [0.2, 0.25) is 0 Å². The molecule has 0 saturated heterocycles. The molecule has 1 nitrogen and oxygen atoms in total. The Morgan fingerprint density at radius 2 is 1.56 bits per heavy atom. The standard InChI is InChI=1S/C6H15OPSi/c1-6(2,3)9(4,5)8-7/h1-5H3. The van der Waals surface area contributed by atoms with E-state index in [4.69, 9.17) is 0 Å². The van der Waals surface area contributed by atoms with E-state index in [1.165, 1.54) is 0 Å². The van der Waals surface area contributed by atoms with Gasteiger partial charge in [-0.15, -0.1) is 0 Å². The third kappa shape index (κ3) is 2.19. The minimum atomic E-state index is -1.46. The summed E-state index contributed by atoms with van der Waals surface area (Å²) >= 11 is 0. The number of hydrogen-bond donors (Lipinski definition) is 0. The second-order valence-electron chi connectivity index (χ2n) is 3.90. The molecule has 0 unspecified atom stereocenters. The minimum absolute atomic E-state index is 0.260. The number of hydrogen-bond acceptors (Lipinski definition) is 1. The van der Waals surface area contributed by atoms with Gasteiger partial charge in [-0.1, -0.05) is 33.9 Å².